The molecule has 0 fully saturated rings. The van der Waals surface area contributed by atoms with Gasteiger partial charge in [0.25, 0.3) is 0 Å². The molecule has 1 aromatic carbocycles. The Morgan fingerprint density at radius 1 is 1.29 bits per heavy atom. The maximum Gasteiger partial charge on any atom is 0.0745 e. The predicted molar refractivity (Wildman–Crippen MR) is 75.8 cm³/mol. The second kappa shape index (κ2) is 5.33. The van der Waals surface area contributed by atoms with Gasteiger partial charge in [0.05, 0.1) is 22.4 Å². The molecule has 2 rings (SSSR count). The van der Waals surface area contributed by atoms with Crippen LogP contribution in [0, 0.1) is 0 Å². The van der Waals surface area contributed by atoms with Gasteiger partial charge < -0.3 is 5.73 Å². The van der Waals surface area contributed by atoms with Crippen LogP contribution < -0.4 is 5.73 Å². The number of halogens is 2. The van der Waals surface area contributed by atoms with Crippen LogP contribution in [0.5, 0.6) is 0 Å². The van der Waals surface area contributed by atoms with Crippen molar-refractivity contribution in [2.45, 2.75) is 19.5 Å². The summed E-state index contributed by atoms with van der Waals surface area (Å²) in [6.07, 6.45) is 1.79. The molecule has 1 heterocycles. The lowest BCUT2D eigenvalue weighted by atomic mass is 10.0. The largest absolute Gasteiger partial charge is 0.319 e. The standard InChI is InChI=1S/C12H13Br2N3/c1-2-17-12(10(14)7-16-17)11(15)8-5-3-4-6-9(8)13/h3-7,11H,2,15H2,1H3. The van der Waals surface area contributed by atoms with E-state index in [4.69, 9.17) is 5.73 Å². The van der Waals surface area contributed by atoms with E-state index < -0.39 is 0 Å². The second-order valence-electron chi connectivity index (χ2n) is 3.69. The van der Waals surface area contributed by atoms with Gasteiger partial charge in [0.1, 0.15) is 0 Å². The fourth-order valence-electron chi connectivity index (χ4n) is 1.81. The fourth-order valence-corrected chi connectivity index (χ4v) is 2.88. The van der Waals surface area contributed by atoms with Crippen LogP contribution in [0.4, 0.5) is 0 Å². The summed E-state index contributed by atoms with van der Waals surface area (Å²) in [5.74, 6) is 0. The van der Waals surface area contributed by atoms with Crippen LogP contribution in [-0.4, -0.2) is 9.78 Å². The van der Waals surface area contributed by atoms with Gasteiger partial charge in [-0.25, -0.2) is 0 Å². The number of aromatic nitrogens is 2. The van der Waals surface area contributed by atoms with Crippen molar-refractivity contribution in [1.29, 1.82) is 0 Å². The van der Waals surface area contributed by atoms with Gasteiger partial charge >= 0.3 is 0 Å². The molecule has 0 amide bonds. The Morgan fingerprint density at radius 3 is 2.65 bits per heavy atom. The van der Waals surface area contributed by atoms with Gasteiger partial charge in [0.2, 0.25) is 0 Å². The molecule has 2 N–H and O–H groups in total. The van der Waals surface area contributed by atoms with Gasteiger partial charge in [0, 0.05) is 11.0 Å². The number of rotatable bonds is 3. The van der Waals surface area contributed by atoms with Crippen LogP contribution in [0.15, 0.2) is 39.4 Å². The molecule has 3 nitrogen and oxygen atoms in total. The summed E-state index contributed by atoms with van der Waals surface area (Å²) in [5.41, 5.74) is 8.38. The third kappa shape index (κ3) is 2.46. The minimum atomic E-state index is -0.192. The maximum atomic E-state index is 6.32. The highest BCUT2D eigenvalue weighted by Gasteiger charge is 2.19. The first-order valence-electron chi connectivity index (χ1n) is 5.36. The SMILES string of the molecule is CCn1ncc(Br)c1C(N)c1ccccc1Br. The summed E-state index contributed by atoms with van der Waals surface area (Å²) in [4.78, 5) is 0. The molecule has 1 unspecified atom stereocenters. The number of nitrogens with zero attached hydrogens (tertiary/aromatic N) is 2. The summed E-state index contributed by atoms with van der Waals surface area (Å²) in [6, 6.07) is 7.79. The first-order valence-corrected chi connectivity index (χ1v) is 6.95. The molecule has 0 aliphatic rings. The van der Waals surface area contributed by atoms with E-state index in [-0.39, 0.29) is 6.04 Å². The molecule has 90 valence electrons. The summed E-state index contributed by atoms with van der Waals surface area (Å²) in [6.45, 7) is 2.86. The van der Waals surface area contributed by atoms with E-state index >= 15 is 0 Å². The number of aryl methyl sites for hydroxylation is 1. The van der Waals surface area contributed by atoms with Gasteiger partial charge in [-0.2, -0.15) is 5.10 Å². The van der Waals surface area contributed by atoms with E-state index in [0.717, 1.165) is 26.7 Å². The molecular weight excluding hydrogens is 346 g/mol. The second-order valence-corrected chi connectivity index (χ2v) is 5.40. The number of nitrogens with two attached hydrogens (primary N) is 1. The zero-order valence-corrected chi connectivity index (χ0v) is 12.6. The highest BCUT2D eigenvalue weighted by Crippen LogP contribution is 2.30. The Labute approximate surface area is 117 Å². The maximum absolute atomic E-state index is 6.32. The van der Waals surface area contributed by atoms with E-state index in [1.807, 2.05) is 28.9 Å². The van der Waals surface area contributed by atoms with Crippen LogP contribution in [0.1, 0.15) is 24.2 Å². The van der Waals surface area contributed by atoms with Crippen LogP contribution in [0.25, 0.3) is 0 Å². The van der Waals surface area contributed by atoms with Gasteiger partial charge in [-0.05, 0) is 34.5 Å². The molecule has 0 aliphatic carbocycles. The van der Waals surface area contributed by atoms with Gasteiger partial charge in [-0.3, -0.25) is 4.68 Å². The Balaban J connectivity index is 2.47. The molecule has 0 aliphatic heterocycles. The zero-order valence-electron chi connectivity index (χ0n) is 9.40. The number of hydrogen-bond donors (Lipinski definition) is 1. The minimum absolute atomic E-state index is 0.192. The topological polar surface area (TPSA) is 43.8 Å². The molecular formula is C12H13Br2N3. The molecule has 17 heavy (non-hydrogen) atoms. The fraction of sp³-hybridized carbons (Fsp3) is 0.250. The van der Waals surface area contributed by atoms with Crippen molar-refractivity contribution < 1.29 is 0 Å². The average molecular weight is 359 g/mol. The summed E-state index contributed by atoms with van der Waals surface area (Å²) in [7, 11) is 0. The molecule has 0 radical (unpaired) electrons. The lowest BCUT2D eigenvalue weighted by Crippen LogP contribution is -2.18. The van der Waals surface area contributed by atoms with Crippen molar-refractivity contribution in [3.63, 3.8) is 0 Å². The van der Waals surface area contributed by atoms with Crippen molar-refractivity contribution in [2.24, 2.45) is 5.73 Å². The van der Waals surface area contributed by atoms with E-state index in [1.165, 1.54) is 0 Å². The Kier molecular flexibility index (Phi) is 4.01. The van der Waals surface area contributed by atoms with Crippen LogP contribution >= 0.6 is 31.9 Å². The Morgan fingerprint density at radius 2 is 2.00 bits per heavy atom. The van der Waals surface area contributed by atoms with E-state index in [2.05, 4.69) is 43.9 Å². The molecule has 0 spiro atoms. The van der Waals surface area contributed by atoms with Crippen molar-refractivity contribution in [3.8, 4) is 0 Å². The number of benzene rings is 1. The summed E-state index contributed by atoms with van der Waals surface area (Å²) in [5, 5.41) is 4.28. The van der Waals surface area contributed by atoms with Crippen molar-refractivity contribution in [3.05, 3.63) is 50.7 Å². The van der Waals surface area contributed by atoms with Crippen LogP contribution in [0.2, 0.25) is 0 Å². The Bertz CT molecular complexity index is 522. The minimum Gasteiger partial charge on any atom is -0.319 e. The first kappa shape index (κ1) is 12.8. The van der Waals surface area contributed by atoms with E-state index in [9.17, 15) is 0 Å². The lowest BCUT2D eigenvalue weighted by Gasteiger charge is -2.16. The molecule has 5 heteroatoms. The van der Waals surface area contributed by atoms with Gasteiger partial charge in [-0.1, -0.05) is 34.1 Å². The molecule has 0 saturated heterocycles. The summed E-state index contributed by atoms with van der Waals surface area (Å²) >= 11 is 7.03. The molecule has 2 aromatic rings. The third-order valence-electron chi connectivity index (χ3n) is 2.67. The molecule has 0 bridgehead atoms. The van der Waals surface area contributed by atoms with Crippen molar-refractivity contribution in [2.75, 3.05) is 0 Å². The smallest absolute Gasteiger partial charge is 0.0745 e. The van der Waals surface area contributed by atoms with Crippen LogP contribution in [0.3, 0.4) is 0 Å². The van der Waals surface area contributed by atoms with Crippen LogP contribution in [-0.2, 0) is 6.54 Å². The quantitative estimate of drug-likeness (QED) is 0.912. The molecule has 1 atom stereocenters. The highest BCUT2D eigenvalue weighted by atomic mass is 79.9. The first-order chi connectivity index (χ1) is 8.15. The molecule has 1 aromatic heterocycles. The third-order valence-corrected chi connectivity index (χ3v) is 4.00. The monoisotopic (exact) mass is 357 g/mol. The highest BCUT2D eigenvalue weighted by molar-refractivity contribution is 9.10. The van der Waals surface area contributed by atoms with E-state index in [1.54, 1.807) is 6.20 Å². The zero-order chi connectivity index (χ0) is 12.4. The lowest BCUT2D eigenvalue weighted by molar-refractivity contribution is 0.599. The van der Waals surface area contributed by atoms with E-state index in [0.29, 0.717) is 0 Å². The average Bonchev–Trinajstić information content (AvgIpc) is 2.70. The normalized spacial score (nSPS) is 12.7. The van der Waals surface area contributed by atoms with Crippen molar-refractivity contribution >= 4 is 31.9 Å². The molecule has 0 saturated carbocycles. The Hall–Kier alpha value is -0.650. The summed E-state index contributed by atoms with van der Waals surface area (Å²) < 4.78 is 3.87. The van der Waals surface area contributed by atoms with Gasteiger partial charge in [-0.15, -0.1) is 0 Å². The van der Waals surface area contributed by atoms with Gasteiger partial charge in [0.15, 0.2) is 0 Å². The van der Waals surface area contributed by atoms with Crippen molar-refractivity contribution in [1.82, 2.24) is 9.78 Å². The number of hydrogen-bond acceptors (Lipinski definition) is 2. The predicted octanol–water partition coefficient (Wildman–Crippen LogP) is 3.48.